The highest BCUT2D eigenvalue weighted by atomic mass is 32.1. The fourth-order valence-corrected chi connectivity index (χ4v) is 2.72. The molecule has 1 aromatic carbocycles. The molecule has 1 heterocycles. The van der Waals surface area contributed by atoms with Gasteiger partial charge in [-0.1, -0.05) is 12.1 Å². The molecule has 2 N–H and O–H groups in total. The summed E-state index contributed by atoms with van der Waals surface area (Å²) in [7, 11) is 0. The molecule has 1 aromatic heterocycles. The predicted octanol–water partition coefficient (Wildman–Crippen LogP) is 3.42. The molecule has 1 amide bonds. The van der Waals surface area contributed by atoms with Crippen LogP contribution in [0.5, 0.6) is 0 Å². The van der Waals surface area contributed by atoms with Crippen molar-refractivity contribution in [1.82, 2.24) is 5.32 Å². The monoisotopic (exact) mass is 274 g/mol. The molecule has 0 atom stereocenters. The molecule has 0 bridgehead atoms. The summed E-state index contributed by atoms with van der Waals surface area (Å²) in [6.45, 7) is 5.45. The Morgan fingerprint density at radius 1 is 1.26 bits per heavy atom. The normalized spacial score (nSPS) is 10.2. The van der Waals surface area contributed by atoms with Crippen LogP contribution in [0, 0.1) is 6.92 Å². The van der Waals surface area contributed by atoms with E-state index in [1.165, 1.54) is 11.1 Å². The molecule has 100 valence electrons. The highest BCUT2D eigenvalue weighted by molar-refractivity contribution is 7.08. The topological polar surface area (TPSA) is 41.1 Å². The van der Waals surface area contributed by atoms with Crippen molar-refractivity contribution in [3.8, 4) is 0 Å². The first kappa shape index (κ1) is 13.6. The molecule has 0 spiro atoms. The minimum absolute atomic E-state index is 0.0397. The summed E-state index contributed by atoms with van der Waals surface area (Å²) in [6, 6.07) is 7.57. The van der Waals surface area contributed by atoms with Gasteiger partial charge >= 0.3 is 0 Å². The SMILES string of the molecule is CCNc1ccccc1C(=O)NCc1cscc1C. The number of anilines is 1. The van der Waals surface area contributed by atoms with Crippen LogP contribution in [-0.4, -0.2) is 12.5 Å². The van der Waals surface area contributed by atoms with E-state index in [0.29, 0.717) is 12.1 Å². The summed E-state index contributed by atoms with van der Waals surface area (Å²) < 4.78 is 0. The number of rotatable bonds is 5. The van der Waals surface area contributed by atoms with E-state index in [1.54, 1.807) is 11.3 Å². The molecule has 0 aliphatic rings. The molecule has 0 saturated heterocycles. The third-order valence-electron chi connectivity index (χ3n) is 2.94. The molecule has 2 rings (SSSR count). The molecular weight excluding hydrogens is 256 g/mol. The summed E-state index contributed by atoms with van der Waals surface area (Å²) >= 11 is 1.66. The minimum atomic E-state index is -0.0397. The van der Waals surface area contributed by atoms with Crippen LogP contribution in [0.15, 0.2) is 35.0 Å². The van der Waals surface area contributed by atoms with Crippen molar-refractivity contribution in [2.24, 2.45) is 0 Å². The average molecular weight is 274 g/mol. The fraction of sp³-hybridized carbons (Fsp3) is 0.267. The highest BCUT2D eigenvalue weighted by Gasteiger charge is 2.10. The molecule has 19 heavy (non-hydrogen) atoms. The molecule has 3 nitrogen and oxygen atoms in total. The Morgan fingerprint density at radius 2 is 2.05 bits per heavy atom. The molecule has 0 saturated carbocycles. The molecule has 2 aromatic rings. The van der Waals surface area contributed by atoms with Crippen LogP contribution >= 0.6 is 11.3 Å². The predicted molar refractivity (Wildman–Crippen MR) is 80.8 cm³/mol. The Labute approximate surface area is 117 Å². The number of hydrogen-bond donors (Lipinski definition) is 2. The van der Waals surface area contributed by atoms with Crippen LogP contribution in [0.4, 0.5) is 5.69 Å². The van der Waals surface area contributed by atoms with E-state index in [-0.39, 0.29) is 5.91 Å². The second kappa shape index (κ2) is 6.38. The zero-order valence-electron chi connectivity index (χ0n) is 11.2. The van der Waals surface area contributed by atoms with E-state index in [9.17, 15) is 4.79 Å². The lowest BCUT2D eigenvalue weighted by molar-refractivity contribution is 0.0951. The van der Waals surface area contributed by atoms with Crippen molar-refractivity contribution in [3.63, 3.8) is 0 Å². The van der Waals surface area contributed by atoms with E-state index in [2.05, 4.69) is 28.3 Å². The first-order valence-corrected chi connectivity index (χ1v) is 7.29. The lowest BCUT2D eigenvalue weighted by Crippen LogP contribution is -2.24. The van der Waals surface area contributed by atoms with E-state index in [4.69, 9.17) is 0 Å². The van der Waals surface area contributed by atoms with Gasteiger partial charge in [0.25, 0.3) is 5.91 Å². The fourth-order valence-electron chi connectivity index (χ4n) is 1.86. The van der Waals surface area contributed by atoms with E-state index < -0.39 is 0 Å². The van der Waals surface area contributed by atoms with Crippen molar-refractivity contribution in [1.29, 1.82) is 0 Å². The third-order valence-corrected chi connectivity index (χ3v) is 3.85. The Morgan fingerprint density at radius 3 is 2.74 bits per heavy atom. The molecule has 4 heteroatoms. The third kappa shape index (κ3) is 3.35. The van der Waals surface area contributed by atoms with Gasteiger partial charge in [0.1, 0.15) is 0 Å². The van der Waals surface area contributed by atoms with Crippen LogP contribution in [0.25, 0.3) is 0 Å². The van der Waals surface area contributed by atoms with Gasteiger partial charge < -0.3 is 10.6 Å². The van der Waals surface area contributed by atoms with Gasteiger partial charge in [0.15, 0.2) is 0 Å². The number of aryl methyl sites for hydroxylation is 1. The molecule has 0 fully saturated rings. The summed E-state index contributed by atoms with van der Waals surface area (Å²) in [5.74, 6) is -0.0397. The van der Waals surface area contributed by atoms with Crippen LogP contribution < -0.4 is 10.6 Å². The van der Waals surface area contributed by atoms with E-state index in [0.717, 1.165) is 12.2 Å². The van der Waals surface area contributed by atoms with Gasteiger partial charge in [-0.3, -0.25) is 4.79 Å². The number of carbonyl (C=O) groups is 1. The van der Waals surface area contributed by atoms with Gasteiger partial charge in [0.05, 0.1) is 5.56 Å². The van der Waals surface area contributed by atoms with Crippen LogP contribution in [0.1, 0.15) is 28.4 Å². The van der Waals surface area contributed by atoms with Crippen molar-refractivity contribution in [3.05, 3.63) is 51.7 Å². The lowest BCUT2D eigenvalue weighted by atomic mass is 10.1. The van der Waals surface area contributed by atoms with Crippen molar-refractivity contribution in [2.75, 3.05) is 11.9 Å². The van der Waals surface area contributed by atoms with Crippen molar-refractivity contribution >= 4 is 22.9 Å². The van der Waals surface area contributed by atoms with Gasteiger partial charge in [0.2, 0.25) is 0 Å². The van der Waals surface area contributed by atoms with Gasteiger partial charge in [-0.25, -0.2) is 0 Å². The molecule has 0 radical (unpaired) electrons. The molecule has 0 unspecified atom stereocenters. The Bertz CT molecular complexity index is 563. The number of nitrogens with one attached hydrogen (secondary N) is 2. The Balaban J connectivity index is 2.06. The van der Waals surface area contributed by atoms with Gasteiger partial charge in [-0.2, -0.15) is 11.3 Å². The standard InChI is InChI=1S/C15H18N2OS/c1-3-16-14-7-5-4-6-13(14)15(18)17-8-12-10-19-9-11(12)2/h4-7,9-10,16H,3,8H2,1-2H3,(H,17,18). The summed E-state index contributed by atoms with van der Waals surface area (Å²) in [5.41, 5.74) is 3.98. The summed E-state index contributed by atoms with van der Waals surface area (Å²) in [4.78, 5) is 12.2. The van der Waals surface area contributed by atoms with Crippen molar-refractivity contribution in [2.45, 2.75) is 20.4 Å². The van der Waals surface area contributed by atoms with Crippen molar-refractivity contribution < 1.29 is 4.79 Å². The number of amides is 1. The van der Waals surface area contributed by atoms with E-state index >= 15 is 0 Å². The second-order valence-corrected chi connectivity index (χ2v) is 5.08. The second-order valence-electron chi connectivity index (χ2n) is 4.34. The first-order valence-electron chi connectivity index (χ1n) is 6.35. The average Bonchev–Trinajstić information content (AvgIpc) is 2.82. The number of hydrogen-bond acceptors (Lipinski definition) is 3. The maximum absolute atomic E-state index is 12.2. The van der Waals surface area contributed by atoms with Crippen LogP contribution in [0.2, 0.25) is 0 Å². The summed E-state index contributed by atoms with van der Waals surface area (Å²) in [6.07, 6.45) is 0. The molecule has 0 aliphatic heterocycles. The van der Waals surface area contributed by atoms with E-state index in [1.807, 2.05) is 31.2 Å². The summed E-state index contributed by atoms with van der Waals surface area (Å²) in [5, 5.41) is 10.3. The smallest absolute Gasteiger partial charge is 0.253 e. The van der Waals surface area contributed by atoms with Gasteiger partial charge in [0, 0.05) is 18.8 Å². The zero-order chi connectivity index (χ0) is 13.7. The number of benzene rings is 1. The first-order chi connectivity index (χ1) is 9.22. The maximum Gasteiger partial charge on any atom is 0.253 e. The lowest BCUT2D eigenvalue weighted by Gasteiger charge is -2.10. The quantitative estimate of drug-likeness (QED) is 0.877. The molecular formula is C15H18N2OS. The zero-order valence-corrected chi connectivity index (χ0v) is 12.0. The highest BCUT2D eigenvalue weighted by Crippen LogP contribution is 2.16. The minimum Gasteiger partial charge on any atom is -0.385 e. The van der Waals surface area contributed by atoms with Crippen LogP contribution in [-0.2, 0) is 6.54 Å². The largest absolute Gasteiger partial charge is 0.385 e. The molecule has 0 aliphatic carbocycles. The maximum atomic E-state index is 12.2. The number of carbonyl (C=O) groups excluding carboxylic acids is 1. The Kier molecular flexibility index (Phi) is 4.58. The van der Waals surface area contributed by atoms with Gasteiger partial charge in [-0.05, 0) is 47.9 Å². The number of para-hydroxylation sites is 1. The Hall–Kier alpha value is -1.81. The van der Waals surface area contributed by atoms with Gasteiger partial charge in [-0.15, -0.1) is 0 Å². The number of thiophene rings is 1. The van der Waals surface area contributed by atoms with Crippen LogP contribution in [0.3, 0.4) is 0 Å².